The predicted molar refractivity (Wildman–Crippen MR) is 91.1 cm³/mol. The summed E-state index contributed by atoms with van der Waals surface area (Å²) in [5.41, 5.74) is 3.70. The molecule has 3 heterocycles. The summed E-state index contributed by atoms with van der Waals surface area (Å²) in [7, 11) is 0. The number of aromatic nitrogens is 2. The van der Waals surface area contributed by atoms with E-state index in [1.807, 2.05) is 6.92 Å². The van der Waals surface area contributed by atoms with Gasteiger partial charge in [-0.15, -0.1) is 0 Å². The molecule has 25 heavy (non-hydrogen) atoms. The summed E-state index contributed by atoms with van der Waals surface area (Å²) in [6, 6.07) is 6.38. The Bertz CT molecular complexity index is 926. The molecule has 0 saturated carbocycles. The maximum atomic E-state index is 13.5. The number of aryl methyl sites for hydroxylation is 1. The van der Waals surface area contributed by atoms with Crippen LogP contribution in [-0.4, -0.2) is 35.7 Å². The number of carbonyl (C=O) groups is 1. The highest BCUT2D eigenvalue weighted by atomic mass is 19.1. The van der Waals surface area contributed by atoms with Gasteiger partial charge in [-0.1, -0.05) is 5.16 Å². The van der Waals surface area contributed by atoms with Gasteiger partial charge in [-0.05, 0) is 37.1 Å². The summed E-state index contributed by atoms with van der Waals surface area (Å²) in [6.45, 7) is 4.11. The van der Waals surface area contributed by atoms with Gasteiger partial charge in [0.2, 0.25) is 5.76 Å². The van der Waals surface area contributed by atoms with E-state index in [2.05, 4.69) is 20.8 Å². The van der Waals surface area contributed by atoms with Crippen molar-refractivity contribution in [1.29, 1.82) is 0 Å². The lowest BCUT2D eigenvalue weighted by atomic mass is 9.99. The Morgan fingerprint density at radius 1 is 1.40 bits per heavy atom. The van der Waals surface area contributed by atoms with E-state index in [-0.39, 0.29) is 17.5 Å². The number of nitrogens with zero attached hydrogens (tertiary/aromatic N) is 1. The van der Waals surface area contributed by atoms with Crippen molar-refractivity contribution in [2.24, 2.45) is 0 Å². The Labute approximate surface area is 143 Å². The van der Waals surface area contributed by atoms with Crippen molar-refractivity contribution < 1.29 is 13.7 Å². The number of nitrogens with one attached hydrogen (secondary N) is 3. The van der Waals surface area contributed by atoms with Crippen molar-refractivity contribution in [3.8, 4) is 0 Å². The summed E-state index contributed by atoms with van der Waals surface area (Å²) in [4.78, 5) is 15.4. The van der Waals surface area contributed by atoms with Crippen LogP contribution < -0.4 is 10.6 Å². The van der Waals surface area contributed by atoms with Crippen LogP contribution in [0.2, 0.25) is 0 Å². The molecule has 1 saturated heterocycles. The van der Waals surface area contributed by atoms with Crippen LogP contribution in [0.3, 0.4) is 0 Å². The van der Waals surface area contributed by atoms with Crippen LogP contribution in [0.15, 0.2) is 28.8 Å². The zero-order chi connectivity index (χ0) is 17.4. The molecule has 0 bridgehead atoms. The molecule has 1 aliphatic rings. The molecular formula is C18H19FN4O2. The van der Waals surface area contributed by atoms with Gasteiger partial charge >= 0.3 is 0 Å². The van der Waals surface area contributed by atoms with Crippen molar-refractivity contribution in [2.45, 2.75) is 19.3 Å². The normalized spacial score (nSPS) is 14.6. The van der Waals surface area contributed by atoms with Crippen LogP contribution in [0.25, 0.3) is 10.9 Å². The molecule has 3 N–H and O–H groups in total. The largest absolute Gasteiger partial charge is 0.358 e. The van der Waals surface area contributed by atoms with Gasteiger partial charge in [-0.2, -0.15) is 0 Å². The monoisotopic (exact) mass is 342 g/mol. The maximum Gasteiger partial charge on any atom is 0.289 e. The van der Waals surface area contributed by atoms with Gasteiger partial charge in [0.15, 0.2) is 0 Å². The van der Waals surface area contributed by atoms with E-state index >= 15 is 0 Å². The van der Waals surface area contributed by atoms with E-state index < -0.39 is 0 Å². The highest BCUT2D eigenvalue weighted by molar-refractivity contribution is 5.91. The summed E-state index contributed by atoms with van der Waals surface area (Å²) in [5.74, 6) is 0.00354. The Morgan fingerprint density at radius 2 is 2.24 bits per heavy atom. The molecule has 6 nitrogen and oxygen atoms in total. The van der Waals surface area contributed by atoms with Gasteiger partial charge in [0.05, 0.1) is 5.69 Å². The Morgan fingerprint density at radius 3 is 3.00 bits per heavy atom. The van der Waals surface area contributed by atoms with Crippen molar-refractivity contribution in [1.82, 2.24) is 20.8 Å². The molecule has 7 heteroatoms. The second kappa shape index (κ2) is 6.33. The number of H-pyrrole nitrogens is 1. The molecular weight excluding hydrogens is 323 g/mol. The number of aromatic amines is 1. The number of hydrogen-bond acceptors (Lipinski definition) is 4. The van der Waals surface area contributed by atoms with E-state index in [0.717, 1.165) is 40.9 Å². The van der Waals surface area contributed by atoms with E-state index in [1.165, 1.54) is 12.1 Å². The van der Waals surface area contributed by atoms with E-state index in [4.69, 9.17) is 4.52 Å². The van der Waals surface area contributed by atoms with E-state index in [9.17, 15) is 9.18 Å². The molecule has 0 spiro atoms. The number of halogens is 1. The molecule has 0 atom stereocenters. The first-order chi connectivity index (χ1) is 12.1. The van der Waals surface area contributed by atoms with Gasteiger partial charge in [-0.25, -0.2) is 4.39 Å². The zero-order valence-electron chi connectivity index (χ0n) is 13.9. The Balaban J connectivity index is 1.40. The van der Waals surface area contributed by atoms with Gasteiger partial charge in [0.1, 0.15) is 5.82 Å². The topological polar surface area (TPSA) is 83.0 Å². The van der Waals surface area contributed by atoms with Crippen molar-refractivity contribution >= 4 is 16.8 Å². The molecule has 0 aliphatic carbocycles. The van der Waals surface area contributed by atoms with Crippen LogP contribution in [0.5, 0.6) is 0 Å². The van der Waals surface area contributed by atoms with E-state index in [0.29, 0.717) is 18.9 Å². The number of hydrogen-bond donors (Lipinski definition) is 3. The predicted octanol–water partition coefficient (Wildman–Crippen LogP) is 2.26. The first-order valence-corrected chi connectivity index (χ1v) is 8.34. The molecule has 1 aromatic carbocycles. The molecule has 0 unspecified atom stereocenters. The quantitative estimate of drug-likeness (QED) is 0.664. The van der Waals surface area contributed by atoms with Gasteiger partial charge in [0.25, 0.3) is 5.91 Å². The molecule has 1 amide bonds. The third-order valence-electron chi connectivity index (χ3n) is 4.69. The smallest absolute Gasteiger partial charge is 0.289 e. The highest BCUT2D eigenvalue weighted by Gasteiger charge is 2.24. The van der Waals surface area contributed by atoms with Crippen LogP contribution >= 0.6 is 0 Å². The lowest BCUT2D eigenvalue weighted by Gasteiger charge is -2.24. The van der Waals surface area contributed by atoms with Crippen molar-refractivity contribution in [2.75, 3.05) is 19.6 Å². The van der Waals surface area contributed by atoms with Crippen LogP contribution in [0.4, 0.5) is 4.39 Å². The summed E-state index contributed by atoms with van der Waals surface area (Å²) in [5, 5.41) is 10.8. The third-order valence-corrected chi connectivity index (χ3v) is 4.69. The molecule has 3 aromatic rings. The maximum absolute atomic E-state index is 13.5. The number of amides is 1. The molecule has 0 radical (unpaired) electrons. The second-order valence-corrected chi connectivity index (χ2v) is 6.40. The summed E-state index contributed by atoms with van der Waals surface area (Å²) >= 11 is 0. The minimum atomic E-state index is -0.283. The van der Waals surface area contributed by atoms with Gasteiger partial charge in [-0.3, -0.25) is 4.79 Å². The average Bonchev–Trinajstić information content (AvgIpc) is 3.11. The number of carbonyl (C=O) groups excluding carboxylic acids is 1. The first-order valence-electron chi connectivity index (χ1n) is 8.34. The molecule has 1 aliphatic heterocycles. The fraction of sp³-hybridized carbons (Fsp3) is 0.333. The van der Waals surface area contributed by atoms with E-state index in [1.54, 1.807) is 12.1 Å². The van der Waals surface area contributed by atoms with Crippen molar-refractivity contribution in [3.05, 3.63) is 52.8 Å². The fourth-order valence-electron chi connectivity index (χ4n) is 3.15. The molecule has 2 aromatic heterocycles. The Kier molecular flexibility index (Phi) is 4.01. The van der Waals surface area contributed by atoms with Gasteiger partial charge < -0.3 is 20.1 Å². The number of rotatable bonds is 5. The average molecular weight is 342 g/mol. The SMILES string of the molecule is Cc1[nH]c2ccc(F)cc2c1CCNC(=O)c1cc(C2CNC2)no1. The first kappa shape index (κ1) is 15.8. The number of fused-ring (bicyclic) bond motifs is 1. The summed E-state index contributed by atoms with van der Waals surface area (Å²) < 4.78 is 18.6. The van der Waals surface area contributed by atoms with Crippen LogP contribution in [-0.2, 0) is 6.42 Å². The number of benzene rings is 1. The summed E-state index contributed by atoms with van der Waals surface area (Å²) in [6.07, 6.45) is 0.606. The lowest BCUT2D eigenvalue weighted by molar-refractivity contribution is 0.0917. The standard InChI is InChI=1S/C18H19FN4O2/c1-10-13(14-6-12(19)2-3-15(14)22-10)4-5-21-18(24)17-7-16(23-25-17)11-8-20-9-11/h2-3,6-7,11,20,22H,4-5,8-9H2,1H3,(H,21,24). The lowest BCUT2D eigenvalue weighted by Crippen LogP contribution is -2.40. The van der Waals surface area contributed by atoms with Crippen molar-refractivity contribution in [3.63, 3.8) is 0 Å². The van der Waals surface area contributed by atoms with Gasteiger partial charge in [0, 0.05) is 48.2 Å². The molecule has 130 valence electrons. The van der Waals surface area contributed by atoms with Crippen LogP contribution in [0.1, 0.15) is 33.4 Å². The third kappa shape index (κ3) is 3.02. The molecule has 4 rings (SSSR count). The zero-order valence-corrected chi connectivity index (χ0v) is 13.9. The molecule has 1 fully saturated rings. The van der Waals surface area contributed by atoms with Crippen LogP contribution in [0, 0.1) is 12.7 Å². The minimum Gasteiger partial charge on any atom is -0.358 e. The Hall–Kier alpha value is -2.67. The second-order valence-electron chi connectivity index (χ2n) is 6.40. The fourth-order valence-corrected chi connectivity index (χ4v) is 3.15. The highest BCUT2D eigenvalue weighted by Crippen LogP contribution is 2.23. The minimum absolute atomic E-state index is 0.226.